The number of aryl methyl sites for hydroxylation is 1. The lowest BCUT2D eigenvalue weighted by Gasteiger charge is -2.19. The number of hydrogen-bond acceptors (Lipinski definition) is 3. The summed E-state index contributed by atoms with van der Waals surface area (Å²) in [4.78, 5) is 28.1. The molecule has 5 nitrogen and oxygen atoms in total. The summed E-state index contributed by atoms with van der Waals surface area (Å²) in [6.07, 6.45) is 3.70. The van der Waals surface area contributed by atoms with Crippen molar-refractivity contribution in [2.45, 2.75) is 26.3 Å². The number of anilines is 1. The van der Waals surface area contributed by atoms with Crippen molar-refractivity contribution in [3.05, 3.63) is 70.7 Å². The van der Waals surface area contributed by atoms with E-state index in [4.69, 9.17) is 0 Å². The van der Waals surface area contributed by atoms with Gasteiger partial charge in [0.15, 0.2) is 0 Å². The van der Waals surface area contributed by atoms with Crippen LogP contribution in [0.3, 0.4) is 0 Å². The van der Waals surface area contributed by atoms with Gasteiger partial charge >= 0.3 is 6.03 Å². The molecule has 0 unspecified atom stereocenters. The molecule has 2 aromatic carbocycles. The largest absolute Gasteiger partial charge is 0.369 e. The monoisotopic (exact) mass is 379 g/mol. The van der Waals surface area contributed by atoms with Crippen molar-refractivity contribution in [3.63, 3.8) is 0 Å². The molecular weight excluding hydrogens is 357 g/mol. The summed E-state index contributed by atoms with van der Waals surface area (Å²) in [5.74, 6) is -0.713. The number of hydrogen-bond donors (Lipinski definition) is 1. The highest BCUT2D eigenvalue weighted by Crippen LogP contribution is 2.28. The fourth-order valence-electron chi connectivity index (χ4n) is 3.67. The Morgan fingerprint density at radius 1 is 1.11 bits per heavy atom. The van der Waals surface area contributed by atoms with Crippen LogP contribution in [0.1, 0.15) is 29.5 Å². The Labute approximate surface area is 163 Å². The minimum Gasteiger partial charge on any atom is -0.369 e. The van der Waals surface area contributed by atoms with Gasteiger partial charge in [0, 0.05) is 13.1 Å². The molecule has 2 aliphatic heterocycles. The molecule has 6 heteroatoms. The smallest absolute Gasteiger partial charge is 0.329 e. The molecule has 0 bridgehead atoms. The number of carbonyl (C=O) groups excluding carboxylic acids is 2. The van der Waals surface area contributed by atoms with E-state index in [2.05, 4.69) is 5.32 Å². The Kier molecular flexibility index (Phi) is 4.86. The Morgan fingerprint density at radius 2 is 1.82 bits per heavy atom. The second-order valence-corrected chi connectivity index (χ2v) is 7.22. The van der Waals surface area contributed by atoms with Crippen molar-refractivity contribution < 1.29 is 14.0 Å². The molecule has 0 atom stereocenters. The number of rotatable bonds is 4. The zero-order chi connectivity index (χ0) is 19.7. The van der Waals surface area contributed by atoms with Crippen molar-refractivity contribution in [2.24, 2.45) is 0 Å². The first-order valence-corrected chi connectivity index (χ1v) is 9.46. The van der Waals surface area contributed by atoms with E-state index in [9.17, 15) is 14.0 Å². The van der Waals surface area contributed by atoms with Gasteiger partial charge in [-0.2, -0.15) is 0 Å². The molecule has 2 aliphatic rings. The van der Waals surface area contributed by atoms with Gasteiger partial charge in [0.25, 0.3) is 5.91 Å². The molecule has 1 N–H and O–H groups in total. The van der Waals surface area contributed by atoms with Crippen LogP contribution in [0.2, 0.25) is 0 Å². The minimum absolute atomic E-state index is 0.164. The molecule has 0 aromatic heterocycles. The number of halogens is 1. The third-order valence-electron chi connectivity index (χ3n) is 5.23. The lowest BCUT2D eigenvalue weighted by atomic mass is 10.1. The van der Waals surface area contributed by atoms with Gasteiger partial charge in [0.1, 0.15) is 11.5 Å². The van der Waals surface area contributed by atoms with E-state index in [0.29, 0.717) is 11.3 Å². The molecule has 0 saturated carbocycles. The second kappa shape index (κ2) is 7.46. The van der Waals surface area contributed by atoms with Gasteiger partial charge in [-0.05, 0) is 54.7 Å². The first kappa shape index (κ1) is 18.2. The number of imide groups is 1. The van der Waals surface area contributed by atoms with Crippen molar-refractivity contribution in [2.75, 3.05) is 18.0 Å². The third-order valence-corrected chi connectivity index (χ3v) is 5.23. The average Bonchev–Trinajstić information content (AvgIpc) is 3.30. The van der Waals surface area contributed by atoms with E-state index in [1.807, 2.05) is 48.2 Å². The van der Waals surface area contributed by atoms with E-state index in [1.54, 1.807) is 6.08 Å². The lowest BCUT2D eigenvalue weighted by Crippen LogP contribution is -2.30. The normalized spacial score (nSPS) is 18.3. The Hall–Kier alpha value is -3.15. The molecule has 144 valence electrons. The molecule has 0 radical (unpaired) electrons. The maximum Gasteiger partial charge on any atom is 0.329 e. The van der Waals surface area contributed by atoms with E-state index < -0.39 is 11.9 Å². The van der Waals surface area contributed by atoms with Gasteiger partial charge in [-0.15, -0.1) is 0 Å². The molecule has 28 heavy (non-hydrogen) atoms. The van der Waals surface area contributed by atoms with Crippen LogP contribution in [0, 0.1) is 12.7 Å². The first-order valence-electron chi connectivity index (χ1n) is 9.46. The predicted octanol–water partition coefficient (Wildman–Crippen LogP) is 3.83. The van der Waals surface area contributed by atoms with Crippen LogP contribution in [-0.2, 0) is 11.3 Å². The van der Waals surface area contributed by atoms with E-state index in [-0.39, 0.29) is 18.1 Å². The maximum atomic E-state index is 14.6. The summed E-state index contributed by atoms with van der Waals surface area (Å²) < 4.78 is 14.6. The molecule has 2 saturated heterocycles. The first-order chi connectivity index (χ1) is 13.5. The molecule has 0 aliphatic carbocycles. The Bertz CT molecular complexity index is 950. The van der Waals surface area contributed by atoms with Gasteiger partial charge in [-0.1, -0.05) is 30.3 Å². The molecular formula is C22H22FN3O2. The summed E-state index contributed by atoms with van der Waals surface area (Å²) in [6, 6.07) is 12.1. The van der Waals surface area contributed by atoms with Crippen molar-refractivity contribution >= 4 is 23.7 Å². The summed E-state index contributed by atoms with van der Waals surface area (Å²) in [5, 5.41) is 2.60. The van der Waals surface area contributed by atoms with Crippen LogP contribution < -0.4 is 10.2 Å². The predicted molar refractivity (Wildman–Crippen MR) is 106 cm³/mol. The van der Waals surface area contributed by atoms with E-state index >= 15 is 0 Å². The Morgan fingerprint density at radius 3 is 2.54 bits per heavy atom. The maximum absolute atomic E-state index is 14.6. The molecule has 3 amide bonds. The quantitative estimate of drug-likeness (QED) is 0.649. The topological polar surface area (TPSA) is 52.7 Å². The summed E-state index contributed by atoms with van der Waals surface area (Å²) >= 11 is 0. The van der Waals surface area contributed by atoms with E-state index in [0.717, 1.165) is 42.0 Å². The molecule has 2 fully saturated rings. The highest BCUT2D eigenvalue weighted by molar-refractivity contribution is 6.14. The number of benzene rings is 2. The van der Waals surface area contributed by atoms with Gasteiger partial charge in [-0.25, -0.2) is 9.18 Å². The standard InChI is InChI=1S/C22H22FN3O2/c1-15-11-20(25-9-5-6-10-25)18(23)12-17(15)13-19-21(27)26(22(28)24-19)14-16-7-3-2-4-8-16/h2-4,7-8,11-13H,5-6,9-10,14H2,1H3,(H,24,28)/b19-13-. The van der Waals surface area contributed by atoms with Gasteiger partial charge in [0.2, 0.25) is 0 Å². The van der Waals surface area contributed by atoms with Gasteiger partial charge < -0.3 is 10.2 Å². The van der Waals surface area contributed by atoms with Crippen molar-refractivity contribution in [3.8, 4) is 0 Å². The summed E-state index contributed by atoms with van der Waals surface area (Å²) in [7, 11) is 0. The number of nitrogens with one attached hydrogen (secondary N) is 1. The SMILES string of the molecule is Cc1cc(N2CCCC2)c(F)cc1/C=C1\NC(=O)N(Cc2ccccc2)C1=O. The summed E-state index contributed by atoms with van der Waals surface area (Å²) in [6.45, 7) is 3.80. The number of urea groups is 1. The number of amides is 3. The van der Waals surface area contributed by atoms with Gasteiger partial charge in [-0.3, -0.25) is 9.69 Å². The highest BCUT2D eigenvalue weighted by Gasteiger charge is 2.33. The fourth-order valence-corrected chi connectivity index (χ4v) is 3.67. The average molecular weight is 379 g/mol. The van der Waals surface area contributed by atoms with Crippen LogP contribution in [0.4, 0.5) is 14.9 Å². The van der Waals surface area contributed by atoms with Crippen LogP contribution in [0.15, 0.2) is 48.2 Å². The van der Waals surface area contributed by atoms with Crippen LogP contribution in [0.5, 0.6) is 0 Å². The third kappa shape index (κ3) is 3.50. The van der Waals surface area contributed by atoms with Crippen LogP contribution >= 0.6 is 0 Å². The van der Waals surface area contributed by atoms with E-state index in [1.165, 1.54) is 6.07 Å². The Balaban J connectivity index is 1.58. The minimum atomic E-state index is -0.466. The van der Waals surface area contributed by atoms with Crippen LogP contribution in [-0.4, -0.2) is 29.9 Å². The lowest BCUT2D eigenvalue weighted by molar-refractivity contribution is -0.123. The molecule has 2 aromatic rings. The second-order valence-electron chi connectivity index (χ2n) is 7.22. The summed E-state index contributed by atoms with van der Waals surface area (Å²) in [5.41, 5.74) is 3.08. The number of nitrogens with zero attached hydrogens (tertiary/aromatic N) is 2. The van der Waals surface area contributed by atoms with Gasteiger partial charge in [0.05, 0.1) is 12.2 Å². The molecule has 2 heterocycles. The zero-order valence-corrected chi connectivity index (χ0v) is 15.7. The van der Waals surface area contributed by atoms with Crippen molar-refractivity contribution in [1.82, 2.24) is 10.2 Å². The van der Waals surface area contributed by atoms with Crippen molar-refractivity contribution in [1.29, 1.82) is 0 Å². The highest BCUT2D eigenvalue weighted by atomic mass is 19.1. The van der Waals surface area contributed by atoms with Crippen LogP contribution in [0.25, 0.3) is 6.08 Å². The zero-order valence-electron chi connectivity index (χ0n) is 15.7. The molecule has 4 rings (SSSR count). The molecule has 0 spiro atoms. The fraction of sp³-hybridized carbons (Fsp3) is 0.273. The number of carbonyl (C=O) groups is 2.